The van der Waals surface area contributed by atoms with E-state index in [2.05, 4.69) is 15.0 Å². The average molecular weight is 266 g/mol. The minimum Gasteiger partial charge on any atom is -0.469 e. The highest BCUT2D eigenvalue weighted by atomic mass is 16.6. The second kappa shape index (κ2) is 6.17. The van der Waals surface area contributed by atoms with Crippen LogP contribution in [0.4, 0.5) is 10.5 Å². The van der Waals surface area contributed by atoms with Gasteiger partial charge in [0.2, 0.25) is 0 Å². The lowest BCUT2D eigenvalue weighted by Gasteiger charge is -2.20. The monoisotopic (exact) mass is 266 g/mol. The third-order valence-corrected chi connectivity index (χ3v) is 2.11. The van der Waals surface area contributed by atoms with Crippen LogP contribution in [0.1, 0.15) is 26.3 Å². The third-order valence-electron chi connectivity index (χ3n) is 2.11. The van der Waals surface area contributed by atoms with Crippen molar-refractivity contribution in [3.63, 3.8) is 0 Å². The van der Waals surface area contributed by atoms with E-state index in [4.69, 9.17) is 4.74 Å². The van der Waals surface area contributed by atoms with Gasteiger partial charge in [0, 0.05) is 6.20 Å². The summed E-state index contributed by atoms with van der Waals surface area (Å²) in [6, 6.07) is 1.64. The molecule has 0 aromatic carbocycles. The average Bonchev–Trinajstić information content (AvgIpc) is 2.29. The van der Waals surface area contributed by atoms with E-state index in [9.17, 15) is 9.59 Å². The molecule has 104 valence electrons. The van der Waals surface area contributed by atoms with Gasteiger partial charge in [0.15, 0.2) is 0 Å². The number of amides is 1. The van der Waals surface area contributed by atoms with Gasteiger partial charge in [0.05, 0.1) is 25.4 Å². The van der Waals surface area contributed by atoms with Crippen molar-refractivity contribution in [1.82, 2.24) is 4.98 Å². The van der Waals surface area contributed by atoms with Crippen molar-refractivity contribution < 1.29 is 19.1 Å². The molecule has 0 fully saturated rings. The fraction of sp³-hybridized carbons (Fsp3) is 0.462. The van der Waals surface area contributed by atoms with E-state index < -0.39 is 17.7 Å². The summed E-state index contributed by atoms with van der Waals surface area (Å²) in [6.45, 7) is 5.31. The molecule has 0 unspecified atom stereocenters. The first-order valence-corrected chi connectivity index (χ1v) is 5.81. The summed E-state index contributed by atoms with van der Waals surface area (Å²) in [7, 11) is 1.31. The van der Waals surface area contributed by atoms with Crippen molar-refractivity contribution in [3.8, 4) is 0 Å². The lowest BCUT2D eigenvalue weighted by atomic mass is 10.1. The highest BCUT2D eigenvalue weighted by molar-refractivity contribution is 5.87. The fourth-order valence-corrected chi connectivity index (χ4v) is 1.33. The Morgan fingerprint density at radius 1 is 1.37 bits per heavy atom. The molecule has 1 N–H and O–H groups in total. The van der Waals surface area contributed by atoms with Crippen molar-refractivity contribution in [1.29, 1.82) is 0 Å². The molecule has 0 aliphatic carbocycles. The van der Waals surface area contributed by atoms with Gasteiger partial charge in [-0.15, -0.1) is 0 Å². The SMILES string of the molecule is COC(=O)Cc1ccncc1NC(=O)OC(C)(C)C. The molecule has 1 rings (SSSR count). The number of anilines is 1. The van der Waals surface area contributed by atoms with E-state index in [1.54, 1.807) is 33.0 Å². The molecule has 1 amide bonds. The number of ether oxygens (including phenoxy) is 2. The quantitative estimate of drug-likeness (QED) is 0.848. The number of rotatable bonds is 3. The number of nitrogens with one attached hydrogen (secondary N) is 1. The molecular formula is C13H18N2O4. The molecule has 1 aromatic heterocycles. The standard InChI is InChI=1S/C13H18N2O4/c1-13(2,3)19-12(17)15-10-8-14-6-5-9(10)7-11(16)18-4/h5-6,8H,7H2,1-4H3,(H,15,17). The van der Waals surface area contributed by atoms with Gasteiger partial charge in [0.25, 0.3) is 0 Å². The number of carbonyl (C=O) groups excluding carboxylic acids is 2. The van der Waals surface area contributed by atoms with Gasteiger partial charge in [-0.1, -0.05) is 0 Å². The molecule has 0 spiro atoms. The van der Waals surface area contributed by atoms with Gasteiger partial charge in [-0.3, -0.25) is 15.1 Å². The highest BCUT2D eigenvalue weighted by Gasteiger charge is 2.17. The molecule has 6 nitrogen and oxygen atoms in total. The predicted octanol–water partition coefficient (Wildman–Crippen LogP) is 2.14. The zero-order valence-corrected chi connectivity index (χ0v) is 11.5. The number of aromatic nitrogens is 1. The van der Waals surface area contributed by atoms with E-state index in [0.717, 1.165) is 0 Å². The van der Waals surface area contributed by atoms with Crippen molar-refractivity contribution in [3.05, 3.63) is 24.0 Å². The molecule has 0 saturated heterocycles. The Morgan fingerprint density at radius 2 is 2.05 bits per heavy atom. The Hall–Kier alpha value is -2.11. The van der Waals surface area contributed by atoms with Crippen LogP contribution in [0.3, 0.4) is 0 Å². The Bertz CT molecular complexity index is 466. The van der Waals surface area contributed by atoms with Crippen LogP contribution in [-0.4, -0.2) is 29.8 Å². The van der Waals surface area contributed by atoms with Crippen molar-refractivity contribution in [2.45, 2.75) is 32.8 Å². The third kappa shape index (κ3) is 5.37. The van der Waals surface area contributed by atoms with Crippen LogP contribution in [0.5, 0.6) is 0 Å². The maximum absolute atomic E-state index is 11.7. The summed E-state index contributed by atoms with van der Waals surface area (Å²) in [5, 5.41) is 2.57. The first kappa shape index (κ1) is 14.9. The molecule has 0 saturated carbocycles. The summed E-state index contributed by atoms with van der Waals surface area (Å²) in [5.41, 5.74) is 0.462. The Labute approximate surface area is 112 Å². The number of hydrogen-bond donors (Lipinski definition) is 1. The zero-order valence-electron chi connectivity index (χ0n) is 11.5. The van der Waals surface area contributed by atoms with Crippen LogP contribution in [0.2, 0.25) is 0 Å². The van der Waals surface area contributed by atoms with Gasteiger partial charge in [-0.05, 0) is 32.4 Å². The summed E-state index contributed by atoms with van der Waals surface area (Å²) in [4.78, 5) is 26.8. The number of esters is 1. The minimum atomic E-state index is -0.591. The van der Waals surface area contributed by atoms with Crippen LogP contribution < -0.4 is 5.32 Å². The van der Waals surface area contributed by atoms with Gasteiger partial charge in [-0.2, -0.15) is 0 Å². The molecular weight excluding hydrogens is 248 g/mol. The minimum absolute atomic E-state index is 0.0597. The number of nitrogens with zero attached hydrogens (tertiary/aromatic N) is 1. The number of methoxy groups -OCH3 is 1. The van der Waals surface area contributed by atoms with Crippen molar-refractivity contribution in [2.24, 2.45) is 0 Å². The Morgan fingerprint density at radius 3 is 2.63 bits per heavy atom. The number of carbonyl (C=O) groups is 2. The van der Waals surface area contributed by atoms with E-state index in [0.29, 0.717) is 11.3 Å². The van der Waals surface area contributed by atoms with E-state index >= 15 is 0 Å². The topological polar surface area (TPSA) is 77.5 Å². The van der Waals surface area contributed by atoms with Crippen LogP contribution in [-0.2, 0) is 20.7 Å². The fourth-order valence-electron chi connectivity index (χ4n) is 1.33. The van der Waals surface area contributed by atoms with Gasteiger partial charge in [0.1, 0.15) is 5.60 Å². The second-order valence-electron chi connectivity index (χ2n) is 4.91. The summed E-state index contributed by atoms with van der Waals surface area (Å²) < 4.78 is 9.73. The Kier molecular flexibility index (Phi) is 4.86. The molecule has 0 aliphatic rings. The van der Waals surface area contributed by atoms with E-state index in [1.807, 2.05) is 0 Å². The van der Waals surface area contributed by atoms with Crippen LogP contribution in [0.15, 0.2) is 18.5 Å². The van der Waals surface area contributed by atoms with Crippen LogP contribution >= 0.6 is 0 Å². The second-order valence-corrected chi connectivity index (χ2v) is 4.91. The number of pyridine rings is 1. The lowest BCUT2D eigenvalue weighted by molar-refractivity contribution is -0.139. The summed E-state index contributed by atoms with van der Waals surface area (Å²) in [5.74, 6) is -0.390. The van der Waals surface area contributed by atoms with Gasteiger partial charge >= 0.3 is 12.1 Å². The van der Waals surface area contributed by atoms with Crippen LogP contribution in [0.25, 0.3) is 0 Å². The zero-order chi connectivity index (χ0) is 14.5. The summed E-state index contributed by atoms with van der Waals surface area (Å²) >= 11 is 0. The molecule has 19 heavy (non-hydrogen) atoms. The highest BCUT2D eigenvalue weighted by Crippen LogP contribution is 2.16. The van der Waals surface area contributed by atoms with E-state index in [1.165, 1.54) is 13.3 Å². The van der Waals surface area contributed by atoms with Gasteiger partial charge < -0.3 is 9.47 Å². The molecule has 1 aromatic rings. The maximum Gasteiger partial charge on any atom is 0.412 e. The molecule has 0 radical (unpaired) electrons. The largest absolute Gasteiger partial charge is 0.469 e. The van der Waals surface area contributed by atoms with Crippen molar-refractivity contribution in [2.75, 3.05) is 12.4 Å². The first-order chi connectivity index (χ1) is 8.81. The predicted molar refractivity (Wildman–Crippen MR) is 69.8 cm³/mol. The Balaban J connectivity index is 2.78. The molecule has 0 bridgehead atoms. The molecule has 1 heterocycles. The van der Waals surface area contributed by atoms with Gasteiger partial charge in [-0.25, -0.2) is 4.79 Å². The smallest absolute Gasteiger partial charge is 0.412 e. The first-order valence-electron chi connectivity index (χ1n) is 5.81. The maximum atomic E-state index is 11.7. The van der Waals surface area contributed by atoms with Crippen LogP contribution in [0, 0.1) is 0 Å². The van der Waals surface area contributed by atoms with E-state index in [-0.39, 0.29) is 6.42 Å². The normalized spacial score (nSPS) is 10.7. The molecule has 6 heteroatoms. The lowest BCUT2D eigenvalue weighted by Crippen LogP contribution is -2.27. The molecule has 0 atom stereocenters. The van der Waals surface area contributed by atoms with Crippen molar-refractivity contribution >= 4 is 17.7 Å². The number of hydrogen-bond acceptors (Lipinski definition) is 5. The summed E-state index contributed by atoms with van der Waals surface area (Å²) in [6.07, 6.45) is 2.47. The molecule has 0 aliphatic heterocycles.